The van der Waals surface area contributed by atoms with Crippen molar-refractivity contribution in [3.05, 3.63) is 47.5 Å². The molecule has 0 saturated carbocycles. The molecule has 1 atom stereocenters. The Morgan fingerprint density at radius 1 is 1.11 bits per heavy atom. The van der Waals surface area contributed by atoms with Crippen molar-refractivity contribution < 1.29 is 17.9 Å². The van der Waals surface area contributed by atoms with Gasteiger partial charge in [0.2, 0.25) is 10.0 Å². The summed E-state index contributed by atoms with van der Waals surface area (Å²) in [7, 11) is -3.63. The van der Waals surface area contributed by atoms with Crippen LogP contribution in [-0.2, 0) is 21.3 Å². The number of hydrogen-bond acceptors (Lipinski definition) is 5. The molecule has 1 aromatic heterocycles. The van der Waals surface area contributed by atoms with E-state index in [-0.39, 0.29) is 10.8 Å². The first-order valence-corrected chi connectivity index (χ1v) is 10.8. The summed E-state index contributed by atoms with van der Waals surface area (Å²) in [6.07, 6.45) is 1.74. The number of amides is 1. The van der Waals surface area contributed by atoms with Crippen LogP contribution >= 0.6 is 0 Å². The summed E-state index contributed by atoms with van der Waals surface area (Å²) in [5, 5.41) is 0. The minimum Gasteiger partial charge on any atom is -0.378 e. The Hall–Kier alpha value is -2.23. The normalized spacial score (nSPS) is 20.8. The summed E-state index contributed by atoms with van der Waals surface area (Å²) in [5.41, 5.74) is 1.37. The van der Waals surface area contributed by atoms with Crippen molar-refractivity contribution in [1.29, 1.82) is 0 Å². The third-order valence-electron chi connectivity index (χ3n) is 5.32. The molecule has 8 nitrogen and oxygen atoms in total. The molecule has 1 amide bonds. The predicted molar refractivity (Wildman–Crippen MR) is 102 cm³/mol. The number of aromatic nitrogens is 2. The van der Waals surface area contributed by atoms with Gasteiger partial charge in [0.15, 0.2) is 0 Å². The first-order chi connectivity index (χ1) is 13.4. The van der Waals surface area contributed by atoms with Crippen LogP contribution in [0.1, 0.15) is 34.8 Å². The highest BCUT2D eigenvalue weighted by molar-refractivity contribution is 7.89. The molecule has 0 aliphatic carbocycles. The van der Waals surface area contributed by atoms with Gasteiger partial charge < -0.3 is 14.2 Å². The molecule has 1 aromatic carbocycles. The Morgan fingerprint density at radius 2 is 1.79 bits per heavy atom. The largest absolute Gasteiger partial charge is 0.378 e. The molecular formula is C19H24N4O4S. The summed E-state index contributed by atoms with van der Waals surface area (Å²) in [4.78, 5) is 19.2. The van der Waals surface area contributed by atoms with Crippen molar-refractivity contribution in [3.8, 4) is 0 Å². The lowest BCUT2D eigenvalue weighted by Gasteiger charge is -2.32. The number of morpholine rings is 1. The fourth-order valence-electron chi connectivity index (χ4n) is 3.68. The van der Waals surface area contributed by atoms with Gasteiger partial charge >= 0.3 is 0 Å². The molecule has 28 heavy (non-hydrogen) atoms. The van der Waals surface area contributed by atoms with E-state index in [0.29, 0.717) is 50.9 Å². The van der Waals surface area contributed by atoms with Crippen molar-refractivity contribution in [2.75, 3.05) is 32.8 Å². The Morgan fingerprint density at radius 3 is 2.46 bits per heavy atom. The van der Waals surface area contributed by atoms with Crippen LogP contribution in [0.15, 0.2) is 35.4 Å². The van der Waals surface area contributed by atoms with Gasteiger partial charge in [0, 0.05) is 32.4 Å². The molecule has 2 aromatic rings. The summed E-state index contributed by atoms with van der Waals surface area (Å²) in [6, 6.07) is 6.40. The number of imidazole rings is 1. The average molecular weight is 404 g/mol. The number of fused-ring (bicyclic) bond motifs is 1. The number of benzene rings is 1. The van der Waals surface area contributed by atoms with Crippen LogP contribution < -0.4 is 0 Å². The van der Waals surface area contributed by atoms with E-state index in [9.17, 15) is 13.2 Å². The third-order valence-corrected chi connectivity index (χ3v) is 7.30. The van der Waals surface area contributed by atoms with Crippen LogP contribution in [0.5, 0.6) is 0 Å². The number of rotatable bonds is 3. The first-order valence-electron chi connectivity index (χ1n) is 9.40. The first kappa shape index (κ1) is 19.1. The molecule has 9 heteroatoms. The lowest BCUT2D eigenvalue weighted by atomic mass is 10.2. The number of sulfonamides is 1. The number of hydrogen-bond donors (Lipinski definition) is 0. The minimum atomic E-state index is -3.63. The van der Waals surface area contributed by atoms with Crippen LogP contribution in [0.2, 0.25) is 0 Å². The van der Waals surface area contributed by atoms with E-state index in [4.69, 9.17) is 4.74 Å². The second-order valence-corrected chi connectivity index (χ2v) is 9.08. The van der Waals surface area contributed by atoms with Gasteiger partial charge in [-0.3, -0.25) is 4.79 Å². The lowest BCUT2D eigenvalue weighted by molar-refractivity contribution is 0.0299. The molecule has 0 N–H and O–H groups in total. The summed E-state index contributed by atoms with van der Waals surface area (Å²) >= 11 is 0. The van der Waals surface area contributed by atoms with Gasteiger partial charge in [-0.2, -0.15) is 4.31 Å². The molecule has 0 spiro atoms. The molecule has 2 aliphatic rings. The second kappa shape index (κ2) is 7.31. The molecule has 1 fully saturated rings. The van der Waals surface area contributed by atoms with E-state index in [1.54, 1.807) is 35.4 Å². The van der Waals surface area contributed by atoms with Crippen LogP contribution in [0.4, 0.5) is 0 Å². The molecule has 150 valence electrons. The van der Waals surface area contributed by atoms with E-state index in [2.05, 4.69) is 4.98 Å². The fraction of sp³-hybridized carbons (Fsp3) is 0.474. The molecule has 0 radical (unpaired) electrons. The maximum Gasteiger partial charge on any atom is 0.274 e. The molecule has 4 rings (SSSR count). The average Bonchev–Trinajstić information content (AvgIpc) is 3.14. The van der Waals surface area contributed by atoms with Crippen molar-refractivity contribution in [2.24, 2.45) is 0 Å². The van der Waals surface area contributed by atoms with E-state index in [0.717, 1.165) is 5.56 Å². The van der Waals surface area contributed by atoms with Crippen LogP contribution in [0, 0.1) is 6.92 Å². The highest BCUT2D eigenvalue weighted by Gasteiger charge is 2.36. The number of carbonyl (C=O) groups excluding carboxylic acids is 1. The topological polar surface area (TPSA) is 84.7 Å². The standard InChI is InChI=1S/C19H24N4O4S/c1-14-3-5-16(6-4-14)28(25,26)23-8-7-22-13-17(20-18(22)15(23)2)19(24)21-9-11-27-12-10-21/h3-6,13,15H,7-12H2,1-2H3. The van der Waals surface area contributed by atoms with Gasteiger partial charge in [-0.05, 0) is 26.0 Å². The number of nitrogens with zero attached hydrogens (tertiary/aromatic N) is 4. The van der Waals surface area contributed by atoms with Gasteiger partial charge in [-0.25, -0.2) is 13.4 Å². The minimum absolute atomic E-state index is 0.134. The molecule has 0 bridgehead atoms. The van der Waals surface area contributed by atoms with Gasteiger partial charge in [0.25, 0.3) is 5.91 Å². The van der Waals surface area contributed by atoms with Gasteiger partial charge in [0.05, 0.1) is 24.2 Å². The Labute approximate surface area is 164 Å². The van der Waals surface area contributed by atoms with E-state index in [1.165, 1.54) is 4.31 Å². The second-order valence-electron chi connectivity index (χ2n) is 7.19. The number of carbonyl (C=O) groups is 1. The van der Waals surface area contributed by atoms with Crippen molar-refractivity contribution >= 4 is 15.9 Å². The van der Waals surface area contributed by atoms with Gasteiger partial charge in [-0.15, -0.1) is 0 Å². The number of aryl methyl sites for hydroxylation is 1. The maximum absolute atomic E-state index is 13.1. The zero-order chi connectivity index (χ0) is 19.9. The van der Waals surface area contributed by atoms with Gasteiger partial charge in [-0.1, -0.05) is 17.7 Å². The maximum atomic E-state index is 13.1. The zero-order valence-electron chi connectivity index (χ0n) is 16.0. The van der Waals surface area contributed by atoms with Crippen LogP contribution in [0.3, 0.4) is 0 Å². The van der Waals surface area contributed by atoms with Crippen LogP contribution in [0.25, 0.3) is 0 Å². The third kappa shape index (κ3) is 3.34. The summed E-state index contributed by atoms with van der Waals surface area (Å²) in [5.74, 6) is 0.462. The highest BCUT2D eigenvalue weighted by atomic mass is 32.2. The SMILES string of the molecule is Cc1ccc(S(=O)(=O)N2CCn3cc(C(=O)N4CCOCC4)nc3C2C)cc1. The fourth-order valence-corrected chi connectivity index (χ4v) is 5.26. The predicted octanol–water partition coefficient (Wildman–Crippen LogP) is 1.43. The summed E-state index contributed by atoms with van der Waals surface area (Å²) in [6.45, 7) is 6.68. The molecule has 1 saturated heterocycles. The Bertz CT molecular complexity index is 978. The monoisotopic (exact) mass is 404 g/mol. The van der Waals surface area contributed by atoms with E-state index in [1.807, 2.05) is 18.4 Å². The zero-order valence-corrected chi connectivity index (χ0v) is 16.9. The van der Waals surface area contributed by atoms with Crippen molar-refractivity contribution in [2.45, 2.75) is 31.3 Å². The molecule has 1 unspecified atom stereocenters. The molecular weight excluding hydrogens is 380 g/mol. The Kier molecular flexibility index (Phi) is 4.98. The van der Waals surface area contributed by atoms with E-state index < -0.39 is 16.1 Å². The van der Waals surface area contributed by atoms with Gasteiger partial charge in [0.1, 0.15) is 11.5 Å². The quantitative estimate of drug-likeness (QED) is 0.773. The lowest BCUT2D eigenvalue weighted by Crippen LogP contribution is -2.41. The Balaban J connectivity index is 1.60. The molecule has 2 aliphatic heterocycles. The van der Waals surface area contributed by atoms with Crippen LogP contribution in [-0.4, -0.2) is 65.9 Å². The van der Waals surface area contributed by atoms with Crippen molar-refractivity contribution in [3.63, 3.8) is 0 Å². The van der Waals surface area contributed by atoms with Crippen molar-refractivity contribution in [1.82, 2.24) is 18.8 Å². The number of ether oxygens (including phenoxy) is 1. The smallest absolute Gasteiger partial charge is 0.274 e. The van der Waals surface area contributed by atoms with E-state index >= 15 is 0 Å². The highest BCUT2D eigenvalue weighted by Crippen LogP contribution is 2.30. The summed E-state index contributed by atoms with van der Waals surface area (Å²) < 4.78 is 34.9. The molecule has 3 heterocycles.